The van der Waals surface area contributed by atoms with Crippen molar-refractivity contribution < 1.29 is 17.5 Å². The standard InChI is InChI=1S/C20H23FN2O3S/c1-2-26-20-8-7-18(11-19(20)21)27(24,25)23-13-17(14-23)22-10-9-15-5-3-4-6-16(15)12-22/h3-8,11,17H,2,9-10,12-14H2,1H3. The molecule has 5 nitrogen and oxygen atoms in total. The Kier molecular flexibility index (Phi) is 4.92. The average Bonchev–Trinajstić information content (AvgIpc) is 2.62. The molecule has 2 heterocycles. The van der Waals surface area contributed by atoms with E-state index in [-0.39, 0.29) is 16.7 Å². The molecule has 1 fully saturated rings. The van der Waals surface area contributed by atoms with Crippen LogP contribution < -0.4 is 4.74 Å². The minimum absolute atomic E-state index is 0.0223. The van der Waals surface area contributed by atoms with Crippen molar-refractivity contribution in [1.82, 2.24) is 9.21 Å². The molecule has 0 unspecified atom stereocenters. The highest BCUT2D eigenvalue weighted by Crippen LogP contribution is 2.29. The second-order valence-electron chi connectivity index (χ2n) is 6.99. The highest BCUT2D eigenvalue weighted by Gasteiger charge is 2.40. The number of nitrogens with zero attached hydrogens (tertiary/aromatic N) is 2. The van der Waals surface area contributed by atoms with Crippen LogP contribution in [0.15, 0.2) is 47.4 Å². The zero-order valence-corrected chi connectivity index (χ0v) is 16.1. The van der Waals surface area contributed by atoms with Crippen LogP contribution in [0.25, 0.3) is 0 Å². The Balaban J connectivity index is 1.42. The topological polar surface area (TPSA) is 49.9 Å². The van der Waals surface area contributed by atoms with Gasteiger partial charge in [-0.05, 0) is 42.7 Å². The highest BCUT2D eigenvalue weighted by molar-refractivity contribution is 7.89. The van der Waals surface area contributed by atoms with Gasteiger partial charge in [0.1, 0.15) is 0 Å². The van der Waals surface area contributed by atoms with E-state index in [0.717, 1.165) is 25.6 Å². The summed E-state index contributed by atoms with van der Waals surface area (Å²) in [5.74, 6) is -0.576. The molecule has 0 bridgehead atoms. The van der Waals surface area contributed by atoms with Crippen LogP contribution in [0, 0.1) is 5.82 Å². The maximum absolute atomic E-state index is 14.0. The molecule has 4 rings (SSSR count). The molecule has 1 saturated heterocycles. The van der Waals surface area contributed by atoms with Crippen LogP contribution in [0.5, 0.6) is 5.75 Å². The molecule has 0 aliphatic carbocycles. The second-order valence-corrected chi connectivity index (χ2v) is 8.93. The zero-order valence-electron chi connectivity index (χ0n) is 15.3. The van der Waals surface area contributed by atoms with E-state index < -0.39 is 15.8 Å². The van der Waals surface area contributed by atoms with Crippen LogP contribution >= 0.6 is 0 Å². The molecule has 0 aromatic heterocycles. The SMILES string of the molecule is CCOc1ccc(S(=O)(=O)N2CC(N3CCc4ccccc4C3)C2)cc1F. The van der Waals surface area contributed by atoms with E-state index in [4.69, 9.17) is 4.74 Å². The van der Waals surface area contributed by atoms with E-state index in [0.29, 0.717) is 19.7 Å². The Morgan fingerprint density at radius 3 is 2.59 bits per heavy atom. The number of rotatable bonds is 5. The average molecular weight is 390 g/mol. The van der Waals surface area contributed by atoms with Crippen LogP contribution in [0.1, 0.15) is 18.1 Å². The monoisotopic (exact) mass is 390 g/mol. The Morgan fingerprint density at radius 1 is 1.15 bits per heavy atom. The first-order valence-electron chi connectivity index (χ1n) is 9.22. The summed E-state index contributed by atoms with van der Waals surface area (Å²) < 4.78 is 46.1. The van der Waals surface area contributed by atoms with Crippen molar-refractivity contribution in [1.29, 1.82) is 0 Å². The van der Waals surface area contributed by atoms with Gasteiger partial charge in [-0.25, -0.2) is 12.8 Å². The summed E-state index contributed by atoms with van der Waals surface area (Å²) in [4.78, 5) is 2.32. The summed E-state index contributed by atoms with van der Waals surface area (Å²) in [5.41, 5.74) is 2.70. The Bertz CT molecular complexity index is 942. The minimum atomic E-state index is -3.68. The number of benzene rings is 2. The van der Waals surface area contributed by atoms with E-state index in [1.165, 1.54) is 27.6 Å². The fraction of sp³-hybridized carbons (Fsp3) is 0.400. The molecule has 0 N–H and O–H groups in total. The summed E-state index contributed by atoms with van der Waals surface area (Å²) in [5, 5.41) is 0. The van der Waals surface area contributed by atoms with Gasteiger partial charge in [0.2, 0.25) is 10.0 Å². The van der Waals surface area contributed by atoms with Gasteiger partial charge in [-0.2, -0.15) is 4.31 Å². The van der Waals surface area contributed by atoms with Crippen molar-refractivity contribution in [3.05, 3.63) is 59.4 Å². The Hall–Kier alpha value is -1.96. The predicted octanol–water partition coefficient (Wildman–Crippen LogP) is 2.66. The number of ether oxygens (including phenoxy) is 1. The lowest BCUT2D eigenvalue weighted by Crippen LogP contribution is -2.61. The summed E-state index contributed by atoms with van der Waals surface area (Å²) in [6.07, 6.45) is 0.990. The lowest BCUT2D eigenvalue weighted by atomic mass is 9.97. The zero-order chi connectivity index (χ0) is 19.0. The summed E-state index contributed by atoms with van der Waals surface area (Å²) in [6.45, 7) is 4.76. The van der Waals surface area contributed by atoms with Crippen LogP contribution in [0.2, 0.25) is 0 Å². The number of hydrogen-bond acceptors (Lipinski definition) is 4. The van der Waals surface area contributed by atoms with Crippen LogP contribution in [0.4, 0.5) is 4.39 Å². The van der Waals surface area contributed by atoms with Gasteiger partial charge >= 0.3 is 0 Å². The smallest absolute Gasteiger partial charge is 0.243 e. The molecule has 2 aromatic rings. The molecule has 0 atom stereocenters. The molecule has 2 aliphatic rings. The Morgan fingerprint density at radius 2 is 1.89 bits per heavy atom. The maximum atomic E-state index is 14.0. The molecule has 2 aliphatic heterocycles. The van der Waals surface area contributed by atoms with Crippen LogP contribution in [-0.4, -0.2) is 49.9 Å². The van der Waals surface area contributed by atoms with Gasteiger partial charge in [-0.3, -0.25) is 4.90 Å². The van der Waals surface area contributed by atoms with Crippen molar-refractivity contribution in [2.24, 2.45) is 0 Å². The summed E-state index contributed by atoms with van der Waals surface area (Å²) >= 11 is 0. The molecule has 0 spiro atoms. The fourth-order valence-electron chi connectivity index (χ4n) is 3.74. The third kappa shape index (κ3) is 3.47. The number of sulfonamides is 1. The second kappa shape index (κ2) is 7.22. The first-order valence-corrected chi connectivity index (χ1v) is 10.7. The highest BCUT2D eigenvalue weighted by atomic mass is 32.2. The van der Waals surface area contributed by atoms with E-state index >= 15 is 0 Å². The summed E-state index contributed by atoms with van der Waals surface area (Å²) in [6, 6.07) is 12.4. The Labute approximate surface area is 159 Å². The predicted molar refractivity (Wildman–Crippen MR) is 101 cm³/mol. The van der Waals surface area contributed by atoms with Crippen LogP contribution in [0.3, 0.4) is 0 Å². The van der Waals surface area contributed by atoms with E-state index in [1.807, 2.05) is 6.07 Å². The van der Waals surface area contributed by atoms with Gasteiger partial charge in [0.05, 0.1) is 11.5 Å². The molecule has 27 heavy (non-hydrogen) atoms. The van der Waals surface area contributed by atoms with E-state index in [9.17, 15) is 12.8 Å². The lowest BCUT2D eigenvalue weighted by molar-refractivity contribution is 0.0769. The van der Waals surface area contributed by atoms with Gasteiger partial charge in [0.25, 0.3) is 0 Å². The maximum Gasteiger partial charge on any atom is 0.243 e. The van der Waals surface area contributed by atoms with Gasteiger partial charge < -0.3 is 4.74 Å². The van der Waals surface area contributed by atoms with E-state index in [1.54, 1.807) is 6.92 Å². The number of fused-ring (bicyclic) bond motifs is 1. The largest absolute Gasteiger partial charge is 0.491 e. The van der Waals surface area contributed by atoms with Crippen molar-refractivity contribution in [3.8, 4) is 5.75 Å². The number of halogens is 1. The van der Waals surface area contributed by atoms with Crippen LogP contribution in [-0.2, 0) is 23.0 Å². The molecule has 0 amide bonds. The van der Waals surface area contributed by atoms with Gasteiger partial charge in [-0.1, -0.05) is 24.3 Å². The molecule has 0 radical (unpaired) electrons. The van der Waals surface area contributed by atoms with Crippen molar-refractivity contribution >= 4 is 10.0 Å². The van der Waals surface area contributed by atoms with Crippen molar-refractivity contribution in [2.75, 3.05) is 26.2 Å². The third-order valence-electron chi connectivity index (χ3n) is 5.35. The van der Waals surface area contributed by atoms with E-state index in [2.05, 4.69) is 23.1 Å². The molecule has 0 saturated carbocycles. The molecule has 2 aromatic carbocycles. The normalized spacial score (nSPS) is 18.7. The fourth-order valence-corrected chi connectivity index (χ4v) is 5.26. The lowest BCUT2D eigenvalue weighted by Gasteiger charge is -2.46. The number of hydrogen-bond donors (Lipinski definition) is 0. The van der Waals surface area contributed by atoms with Gasteiger partial charge in [-0.15, -0.1) is 0 Å². The quantitative estimate of drug-likeness (QED) is 0.788. The van der Waals surface area contributed by atoms with Crippen molar-refractivity contribution in [2.45, 2.75) is 30.8 Å². The van der Waals surface area contributed by atoms with Crippen molar-refractivity contribution in [3.63, 3.8) is 0 Å². The van der Waals surface area contributed by atoms with Gasteiger partial charge in [0.15, 0.2) is 11.6 Å². The molecular weight excluding hydrogens is 367 g/mol. The molecule has 7 heteroatoms. The molecular formula is C20H23FN2O3S. The first-order chi connectivity index (χ1) is 13.0. The summed E-state index contributed by atoms with van der Waals surface area (Å²) in [7, 11) is -3.68. The van der Waals surface area contributed by atoms with Gasteiger partial charge in [0, 0.05) is 32.2 Å². The third-order valence-corrected chi connectivity index (χ3v) is 7.17. The first kappa shape index (κ1) is 18.4. The molecule has 144 valence electrons. The minimum Gasteiger partial charge on any atom is -0.491 e.